The van der Waals surface area contributed by atoms with Crippen LogP contribution in [0.2, 0.25) is 37.8 Å². The second-order valence-electron chi connectivity index (χ2n) is 17.5. The molecule has 0 amide bonds. The third-order valence-electron chi connectivity index (χ3n) is 10.7. The molecule has 1 aromatic carbocycles. The SMILES string of the molecule is COc1ccc(C[C@H]2OC[C@H](C)[C@H]([C@@H](C)[C@@H](O)C[C@@H](C#C[C@H](C)[C@H](O[Si](C)(C)C(C)(C)C)[C@@H](C)/C=C(/C)[Si](C)(C)C)OC(=O)C(C)C)O2)cc1. The molecule has 2 rings (SSSR count). The molecule has 0 bridgehead atoms. The molecule has 1 saturated heterocycles. The van der Waals surface area contributed by atoms with Crippen molar-refractivity contribution in [2.45, 2.75) is 151 Å². The van der Waals surface area contributed by atoms with Gasteiger partial charge in [0.15, 0.2) is 20.7 Å². The van der Waals surface area contributed by atoms with E-state index < -0.39 is 34.9 Å². The van der Waals surface area contributed by atoms with Gasteiger partial charge in [0.05, 0.1) is 46.0 Å². The van der Waals surface area contributed by atoms with Gasteiger partial charge in [0.2, 0.25) is 0 Å². The molecule has 1 aliphatic rings. The molecule has 1 aromatic rings. The summed E-state index contributed by atoms with van der Waals surface area (Å²) >= 11 is 0. The van der Waals surface area contributed by atoms with Gasteiger partial charge in [-0.3, -0.25) is 4.79 Å². The average Bonchev–Trinajstić information content (AvgIpc) is 3.01. The first kappa shape index (κ1) is 44.2. The molecule has 1 fully saturated rings. The minimum Gasteiger partial charge on any atom is -0.497 e. The fourth-order valence-electron chi connectivity index (χ4n) is 5.70. The Balaban J connectivity index is 2.32. The van der Waals surface area contributed by atoms with E-state index in [2.05, 4.69) is 99.1 Å². The number of methoxy groups -OCH3 is 1. The van der Waals surface area contributed by atoms with E-state index in [1.165, 1.54) is 5.20 Å². The van der Waals surface area contributed by atoms with Gasteiger partial charge >= 0.3 is 5.97 Å². The number of esters is 1. The van der Waals surface area contributed by atoms with Crippen molar-refractivity contribution in [2.75, 3.05) is 13.7 Å². The fraction of sp³-hybridized carbons (Fsp3) is 0.732. The molecule has 0 saturated carbocycles. The first-order valence-electron chi connectivity index (χ1n) is 18.6. The molecule has 50 heavy (non-hydrogen) atoms. The fourth-order valence-corrected chi connectivity index (χ4v) is 7.91. The predicted octanol–water partition coefficient (Wildman–Crippen LogP) is 9.06. The van der Waals surface area contributed by atoms with Crippen LogP contribution >= 0.6 is 0 Å². The lowest BCUT2D eigenvalue weighted by molar-refractivity contribution is -0.250. The highest BCUT2D eigenvalue weighted by Crippen LogP contribution is 2.39. The van der Waals surface area contributed by atoms with E-state index in [-0.39, 0.29) is 59.2 Å². The lowest BCUT2D eigenvalue weighted by Gasteiger charge is -2.42. The Labute approximate surface area is 307 Å². The van der Waals surface area contributed by atoms with Crippen LogP contribution < -0.4 is 4.74 Å². The Bertz CT molecular complexity index is 1300. The van der Waals surface area contributed by atoms with Gasteiger partial charge in [-0.25, -0.2) is 0 Å². The predicted molar refractivity (Wildman–Crippen MR) is 210 cm³/mol. The first-order valence-corrected chi connectivity index (χ1v) is 25.0. The van der Waals surface area contributed by atoms with Crippen molar-refractivity contribution < 1.29 is 33.3 Å². The average molecular weight is 731 g/mol. The van der Waals surface area contributed by atoms with E-state index in [1.807, 2.05) is 45.0 Å². The zero-order valence-electron chi connectivity index (χ0n) is 34.2. The van der Waals surface area contributed by atoms with Crippen molar-refractivity contribution in [2.24, 2.45) is 29.6 Å². The number of ether oxygens (including phenoxy) is 4. The molecular formula is C41H70O7Si2. The largest absolute Gasteiger partial charge is 0.497 e. The molecule has 9 atom stereocenters. The second kappa shape index (κ2) is 18.7. The maximum absolute atomic E-state index is 12.9. The molecule has 0 unspecified atom stereocenters. The summed E-state index contributed by atoms with van der Waals surface area (Å²) in [5.41, 5.74) is 1.08. The van der Waals surface area contributed by atoms with Gasteiger partial charge in [-0.2, -0.15) is 0 Å². The first-order chi connectivity index (χ1) is 23.0. The van der Waals surface area contributed by atoms with Crippen LogP contribution in [0.3, 0.4) is 0 Å². The van der Waals surface area contributed by atoms with E-state index in [1.54, 1.807) is 7.11 Å². The molecule has 7 nitrogen and oxygen atoms in total. The second-order valence-corrected chi connectivity index (χ2v) is 27.6. The van der Waals surface area contributed by atoms with Crippen LogP contribution in [0.15, 0.2) is 35.5 Å². The van der Waals surface area contributed by atoms with Crippen molar-refractivity contribution in [1.29, 1.82) is 0 Å². The van der Waals surface area contributed by atoms with Crippen LogP contribution in [0.4, 0.5) is 0 Å². The van der Waals surface area contributed by atoms with Gasteiger partial charge in [0.25, 0.3) is 0 Å². The van der Waals surface area contributed by atoms with Crippen LogP contribution in [0.1, 0.15) is 81.2 Å². The van der Waals surface area contributed by atoms with Crippen LogP contribution in [0.25, 0.3) is 0 Å². The summed E-state index contributed by atoms with van der Waals surface area (Å²) in [4.78, 5) is 12.9. The summed E-state index contributed by atoms with van der Waals surface area (Å²) < 4.78 is 30.8. The quantitative estimate of drug-likeness (QED) is 0.110. The van der Waals surface area contributed by atoms with Crippen molar-refractivity contribution in [3.05, 3.63) is 41.1 Å². The van der Waals surface area contributed by atoms with Gasteiger partial charge in [-0.05, 0) is 49.7 Å². The zero-order valence-corrected chi connectivity index (χ0v) is 36.2. The normalized spacial score (nSPS) is 22.8. The lowest BCUT2D eigenvalue weighted by atomic mass is 9.86. The van der Waals surface area contributed by atoms with E-state index in [4.69, 9.17) is 23.4 Å². The Morgan fingerprint density at radius 1 is 1.04 bits per heavy atom. The minimum atomic E-state index is -2.13. The minimum absolute atomic E-state index is 0.0439. The Kier molecular flexibility index (Phi) is 16.5. The van der Waals surface area contributed by atoms with E-state index in [0.717, 1.165) is 11.3 Å². The molecule has 9 heteroatoms. The smallest absolute Gasteiger partial charge is 0.309 e. The van der Waals surface area contributed by atoms with Crippen LogP contribution in [0.5, 0.6) is 5.75 Å². The standard InChI is InChI=1S/C41H70O7Si2/c1-27(2)40(43)46-35(20-17-28(3)38(48-50(15,16)41(8,9)10)29(4)23-31(6)49(12,13)14)25-36(42)32(7)39-30(5)26-45-37(47-39)24-33-18-21-34(44-11)22-19-33/h18-19,21-23,27-30,32,35-39,42H,24-26H2,1-16H3/b31-23-/t28-,29-,30-,32-,35+,36-,37-,38-,39+/m0/s1. The Morgan fingerprint density at radius 2 is 1.64 bits per heavy atom. The molecule has 0 spiro atoms. The summed E-state index contributed by atoms with van der Waals surface area (Å²) in [5.74, 6) is 6.77. The number of rotatable bonds is 15. The summed E-state index contributed by atoms with van der Waals surface area (Å²) in [6.45, 7) is 33.3. The number of benzene rings is 1. The third-order valence-corrected chi connectivity index (χ3v) is 17.7. The van der Waals surface area contributed by atoms with Gasteiger partial charge in [-0.1, -0.05) is 110 Å². The van der Waals surface area contributed by atoms with E-state index in [9.17, 15) is 9.90 Å². The maximum Gasteiger partial charge on any atom is 0.309 e. The molecule has 1 aliphatic heterocycles. The summed E-state index contributed by atoms with van der Waals surface area (Å²) in [5, 5.41) is 13.1. The van der Waals surface area contributed by atoms with Crippen molar-refractivity contribution in [1.82, 2.24) is 0 Å². The molecule has 1 N–H and O–H groups in total. The zero-order chi connectivity index (χ0) is 38.2. The van der Waals surface area contributed by atoms with E-state index >= 15 is 0 Å². The molecular weight excluding hydrogens is 661 g/mol. The number of carbonyl (C=O) groups excluding carboxylic acids is 1. The number of hydrogen-bond acceptors (Lipinski definition) is 7. The van der Waals surface area contributed by atoms with Gasteiger partial charge < -0.3 is 28.5 Å². The number of carbonyl (C=O) groups is 1. The maximum atomic E-state index is 12.9. The molecule has 284 valence electrons. The van der Waals surface area contributed by atoms with Crippen LogP contribution in [0, 0.1) is 41.4 Å². The van der Waals surface area contributed by atoms with Crippen molar-refractivity contribution in [3.8, 4) is 17.6 Å². The highest BCUT2D eigenvalue weighted by Gasteiger charge is 2.41. The highest BCUT2D eigenvalue weighted by molar-refractivity contribution is 6.82. The summed E-state index contributed by atoms with van der Waals surface area (Å²) in [6, 6.07) is 7.88. The monoisotopic (exact) mass is 730 g/mol. The van der Waals surface area contributed by atoms with Gasteiger partial charge in [-0.15, -0.1) is 0 Å². The van der Waals surface area contributed by atoms with Crippen molar-refractivity contribution in [3.63, 3.8) is 0 Å². The summed E-state index contributed by atoms with van der Waals surface area (Å²) in [6.07, 6.45) is 0.814. The van der Waals surface area contributed by atoms with Crippen LogP contribution in [-0.4, -0.2) is 71.9 Å². The number of aliphatic hydroxyl groups is 1. The van der Waals surface area contributed by atoms with Crippen LogP contribution in [-0.2, 0) is 29.9 Å². The topological polar surface area (TPSA) is 83.5 Å². The molecule has 0 aromatic heterocycles. The number of aliphatic hydroxyl groups excluding tert-OH is 1. The molecule has 0 aliphatic carbocycles. The highest BCUT2D eigenvalue weighted by atomic mass is 28.4. The molecule has 0 radical (unpaired) electrons. The van der Waals surface area contributed by atoms with Gasteiger partial charge in [0, 0.05) is 36.5 Å². The Morgan fingerprint density at radius 3 is 2.16 bits per heavy atom. The molecule has 1 heterocycles. The number of allylic oxidation sites excluding steroid dienone is 1. The van der Waals surface area contributed by atoms with Gasteiger partial charge in [0.1, 0.15) is 5.75 Å². The third kappa shape index (κ3) is 13.2. The lowest BCUT2D eigenvalue weighted by Crippen LogP contribution is -2.47. The van der Waals surface area contributed by atoms with E-state index in [0.29, 0.717) is 13.0 Å². The Hall–Kier alpha value is -1.94. The summed E-state index contributed by atoms with van der Waals surface area (Å²) in [7, 11) is -1.95. The number of hydrogen-bond donors (Lipinski definition) is 1. The van der Waals surface area contributed by atoms with Crippen molar-refractivity contribution >= 4 is 22.4 Å².